The molecule has 0 spiro atoms. The molecule has 0 aromatic heterocycles. The van der Waals surface area contributed by atoms with Gasteiger partial charge >= 0.3 is 5.97 Å². The van der Waals surface area contributed by atoms with Crippen LogP contribution in [0, 0.1) is 29.1 Å². The van der Waals surface area contributed by atoms with Gasteiger partial charge in [0.1, 0.15) is 5.54 Å². The molecule has 2 rings (SSSR count). The van der Waals surface area contributed by atoms with E-state index in [1.54, 1.807) is 6.92 Å². The van der Waals surface area contributed by atoms with Crippen LogP contribution in [0.15, 0.2) is 0 Å². The number of aliphatic hydroxyl groups is 1. The summed E-state index contributed by atoms with van der Waals surface area (Å²) < 4.78 is 4.98. The number of carbonyl (C=O) groups excluding carboxylic acids is 1. The summed E-state index contributed by atoms with van der Waals surface area (Å²) in [5, 5.41) is 22.4. The van der Waals surface area contributed by atoms with Crippen molar-refractivity contribution in [1.82, 2.24) is 5.32 Å². The molecule has 2 N–H and O–H groups in total. The Morgan fingerprint density at radius 1 is 1.65 bits per heavy atom. The minimum absolute atomic E-state index is 0.0958. The van der Waals surface area contributed by atoms with Crippen LogP contribution in [0.2, 0.25) is 0 Å². The molecule has 2 fully saturated rings. The third kappa shape index (κ3) is 1.72. The number of hydrogen-bond acceptors (Lipinski definition) is 5. The molecule has 0 aliphatic heterocycles. The lowest BCUT2D eigenvalue weighted by molar-refractivity contribution is -0.146. The van der Waals surface area contributed by atoms with Crippen LogP contribution in [0.25, 0.3) is 0 Å². The Morgan fingerprint density at radius 2 is 2.35 bits per heavy atom. The molecule has 17 heavy (non-hydrogen) atoms. The van der Waals surface area contributed by atoms with Crippen molar-refractivity contribution < 1.29 is 14.6 Å². The van der Waals surface area contributed by atoms with E-state index in [0.29, 0.717) is 19.6 Å². The molecule has 5 nitrogen and oxygen atoms in total. The molecule has 0 bridgehead atoms. The first-order valence-electron chi connectivity index (χ1n) is 6.12. The van der Waals surface area contributed by atoms with Gasteiger partial charge in [0.15, 0.2) is 0 Å². The highest BCUT2D eigenvalue weighted by atomic mass is 16.5. The number of nitrogens with zero attached hydrogens (tertiary/aromatic N) is 1. The highest BCUT2D eigenvalue weighted by Gasteiger charge is 2.72. The number of aliphatic hydroxyl groups excluding tert-OH is 1. The second kappa shape index (κ2) is 4.28. The molecule has 0 aromatic carbocycles. The summed E-state index contributed by atoms with van der Waals surface area (Å²) in [5.74, 6) is -0.787. The predicted octanol–water partition coefficient (Wildman–Crippen LogP) is 0.0482. The number of carbonyl (C=O) groups is 1. The van der Waals surface area contributed by atoms with E-state index < -0.39 is 11.6 Å². The molecule has 0 radical (unpaired) electrons. The van der Waals surface area contributed by atoms with Crippen molar-refractivity contribution in [3.63, 3.8) is 0 Å². The Balaban J connectivity index is 2.14. The van der Waals surface area contributed by atoms with Crippen LogP contribution in [0.5, 0.6) is 0 Å². The zero-order valence-electron chi connectivity index (χ0n) is 10.1. The van der Waals surface area contributed by atoms with Crippen molar-refractivity contribution in [3.8, 4) is 6.07 Å². The molecular weight excluding hydrogens is 220 g/mol. The van der Waals surface area contributed by atoms with Gasteiger partial charge in [0, 0.05) is 18.3 Å². The van der Waals surface area contributed by atoms with Crippen LogP contribution in [0.3, 0.4) is 0 Å². The minimum atomic E-state index is -0.754. The van der Waals surface area contributed by atoms with E-state index in [1.165, 1.54) is 0 Å². The van der Waals surface area contributed by atoms with E-state index in [1.807, 2.05) is 6.92 Å². The summed E-state index contributed by atoms with van der Waals surface area (Å²) in [7, 11) is 0. The van der Waals surface area contributed by atoms with Gasteiger partial charge in [-0.2, -0.15) is 5.26 Å². The largest absolute Gasteiger partial charge is 0.466 e. The normalized spacial score (nSPS) is 42.7. The van der Waals surface area contributed by atoms with Gasteiger partial charge in [-0.05, 0) is 13.5 Å². The molecule has 0 heterocycles. The number of hydrogen-bond donors (Lipinski definition) is 2. The van der Waals surface area contributed by atoms with Gasteiger partial charge in [-0.25, -0.2) is 0 Å². The standard InChI is InChI=1S/C12H18N2O3/c1-3-14-12(6-13)5-7(15)8-9(10(8)12)11(16)17-4-2/h7-10,14-15H,3-5H2,1-2H3/t7?,8?,9-,10?,12?/m0/s1. The summed E-state index contributed by atoms with van der Waals surface area (Å²) >= 11 is 0. The van der Waals surface area contributed by atoms with E-state index in [4.69, 9.17) is 4.74 Å². The molecule has 2 aliphatic rings. The molecule has 0 aromatic rings. The topological polar surface area (TPSA) is 82.4 Å². The molecule has 0 amide bonds. The second-order valence-corrected chi connectivity index (χ2v) is 4.77. The fourth-order valence-corrected chi connectivity index (χ4v) is 3.26. The maximum absolute atomic E-state index is 11.7. The van der Waals surface area contributed by atoms with Crippen molar-refractivity contribution in [2.75, 3.05) is 13.2 Å². The maximum Gasteiger partial charge on any atom is 0.309 e. The average Bonchev–Trinajstić information content (AvgIpc) is 2.98. The van der Waals surface area contributed by atoms with Crippen LogP contribution in [0.4, 0.5) is 0 Å². The van der Waals surface area contributed by atoms with Gasteiger partial charge in [0.2, 0.25) is 0 Å². The lowest BCUT2D eigenvalue weighted by Crippen LogP contribution is -2.46. The molecule has 94 valence electrons. The molecule has 2 saturated carbocycles. The van der Waals surface area contributed by atoms with E-state index in [2.05, 4.69) is 11.4 Å². The first kappa shape index (κ1) is 12.3. The lowest BCUT2D eigenvalue weighted by atomic mass is 9.91. The summed E-state index contributed by atoms with van der Waals surface area (Å²) in [5.41, 5.74) is -0.754. The highest BCUT2D eigenvalue weighted by Crippen LogP contribution is 2.62. The number of ether oxygens (including phenoxy) is 1. The van der Waals surface area contributed by atoms with Crippen LogP contribution >= 0.6 is 0 Å². The summed E-state index contributed by atoms with van der Waals surface area (Å²) in [6.45, 7) is 4.67. The van der Waals surface area contributed by atoms with Gasteiger partial charge < -0.3 is 9.84 Å². The molecule has 0 saturated heterocycles. The minimum Gasteiger partial charge on any atom is -0.466 e. The Labute approximate surface area is 101 Å². The first-order valence-corrected chi connectivity index (χ1v) is 6.12. The zero-order valence-corrected chi connectivity index (χ0v) is 10.1. The van der Waals surface area contributed by atoms with Crippen LogP contribution in [-0.4, -0.2) is 35.9 Å². The third-order valence-corrected chi connectivity index (χ3v) is 3.87. The first-order chi connectivity index (χ1) is 8.11. The van der Waals surface area contributed by atoms with E-state index >= 15 is 0 Å². The molecule has 4 unspecified atom stereocenters. The molecule has 2 aliphatic carbocycles. The molecule has 5 atom stereocenters. The van der Waals surface area contributed by atoms with Gasteiger partial charge in [-0.15, -0.1) is 0 Å². The van der Waals surface area contributed by atoms with E-state index in [9.17, 15) is 15.2 Å². The molecular formula is C12H18N2O3. The van der Waals surface area contributed by atoms with Crippen LogP contribution < -0.4 is 5.32 Å². The summed E-state index contributed by atoms with van der Waals surface area (Å²) in [6.07, 6.45) is -0.170. The summed E-state index contributed by atoms with van der Waals surface area (Å²) in [4.78, 5) is 11.7. The van der Waals surface area contributed by atoms with Gasteiger partial charge in [-0.3, -0.25) is 10.1 Å². The number of nitrogens with one attached hydrogen (secondary N) is 1. The number of rotatable bonds is 4. The predicted molar refractivity (Wildman–Crippen MR) is 59.7 cm³/mol. The van der Waals surface area contributed by atoms with Crippen LogP contribution in [0.1, 0.15) is 20.3 Å². The van der Waals surface area contributed by atoms with E-state index in [-0.39, 0.29) is 23.7 Å². The lowest BCUT2D eigenvalue weighted by Gasteiger charge is -2.26. The number of nitriles is 1. The number of esters is 1. The van der Waals surface area contributed by atoms with Gasteiger partial charge in [-0.1, -0.05) is 6.92 Å². The highest BCUT2D eigenvalue weighted by molar-refractivity contribution is 5.78. The van der Waals surface area contributed by atoms with E-state index in [0.717, 1.165) is 0 Å². The molecule has 5 heteroatoms. The number of fused-ring (bicyclic) bond motifs is 1. The Hall–Kier alpha value is -1.12. The second-order valence-electron chi connectivity index (χ2n) is 4.77. The van der Waals surface area contributed by atoms with Crippen molar-refractivity contribution in [3.05, 3.63) is 0 Å². The monoisotopic (exact) mass is 238 g/mol. The Bertz CT molecular complexity index is 365. The SMILES string of the molecule is CCNC1(C#N)CC(O)C2C1[C@H]2C(=O)OCC. The quantitative estimate of drug-likeness (QED) is 0.676. The fraction of sp³-hybridized carbons (Fsp3) is 0.833. The van der Waals surface area contributed by atoms with Crippen molar-refractivity contribution in [2.45, 2.75) is 31.9 Å². The van der Waals surface area contributed by atoms with Crippen molar-refractivity contribution in [2.24, 2.45) is 17.8 Å². The summed E-state index contributed by atoms with van der Waals surface area (Å²) in [6, 6.07) is 2.25. The maximum atomic E-state index is 11.7. The smallest absolute Gasteiger partial charge is 0.309 e. The average molecular weight is 238 g/mol. The van der Waals surface area contributed by atoms with Crippen molar-refractivity contribution in [1.29, 1.82) is 5.26 Å². The van der Waals surface area contributed by atoms with Crippen LogP contribution in [-0.2, 0) is 9.53 Å². The third-order valence-electron chi connectivity index (χ3n) is 3.87. The Kier molecular flexibility index (Phi) is 3.11. The zero-order chi connectivity index (χ0) is 12.6. The van der Waals surface area contributed by atoms with Gasteiger partial charge in [0.25, 0.3) is 0 Å². The Morgan fingerprint density at radius 3 is 2.88 bits per heavy atom. The fourth-order valence-electron chi connectivity index (χ4n) is 3.26. The van der Waals surface area contributed by atoms with Crippen molar-refractivity contribution >= 4 is 5.97 Å². The van der Waals surface area contributed by atoms with Gasteiger partial charge in [0.05, 0.1) is 24.7 Å².